The first-order valence-electron chi connectivity index (χ1n) is 9.62. The third kappa shape index (κ3) is 5.29. The SMILES string of the molecule is O=C1CC(c2ccc(COc3ccc(Br)cc3C(F)(F)F)c(OC(F)(F)F)c2)c2c[nH]nc2N1. The van der Waals surface area contributed by atoms with Gasteiger partial charge in [-0.25, -0.2) is 0 Å². The lowest BCUT2D eigenvalue weighted by atomic mass is 9.87. The summed E-state index contributed by atoms with van der Waals surface area (Å²) < 4.78 is 88.7. The Morgan fingerprint density at radius 3 is 2.53 bits per heavy atom. The summed E-state index contributed by atoms with van der Waals surface area (Å²) in [5.74, 6) is -1.90. The second-order valence-electron chi connectivity index (χ2n) is 7.34. The molecule has 3 aromatic rings. The number of nitrogens with one attached hydrogen (secondary N) is 2. The van der Waals surface area contributed by atoms with Crippen LogP contribution in [0.5, 0.6) is 11.5 Å². The topological polar surface area (TPSA) is 76.2 Å². The predicted molar refractivity (Wildman–Crippen MR) is 110 cm³/mol. The molecule has 1 aliphatic rings. The molecule has 6 nitrogen and oxygen atoms in total. The van der Waals surface area contributed by atoms with Crippen molar-refractivity contribution in [1.29, 1.82) is 0 Å². The highest BCUT2D eigenvalue weighted by molar-refractivity contribution is 9.10. The zero-order chi connectivity index (χ0) is 24.7. The van der Waals surface area contributed by atoms with E-state index in [9.17, 15) is 31.1 Å². The molecule has 1 atom stereocenters. The van der Waals surface area contributed by atoms with Crippen molar-refractivity contribution in [1.82, 2.24) is 10.2 Å². The molecule has 0 saturated heterocycles. The summed E-state index contributed by atoms with van der Waals surface area (Å²) in [4.78, 5) is 12.0. The van der Waals surface area contributed by atoms with Crippen molar-refractivity contribution in [2.45, 2.75) is 31.5 Å². The second kappa shape index (κ2) is 8.85. The second-order valence-corrected chi connectivity index (χ2v) is 8.25. The summed E-state index contributed by atoms with van der Waals surface area (Å²) in [6, 6.07) is 7.01. The van der Waals surface area contributed by atoms with E-state index in [2.05, 4.69) is 36.2 Å². The Kier molecular flexibility index (Phi) is 6.23. The number of carbonyl (C=O) groups excluding carboxylic acids is 1. The number of carbonyl (C=O) groups is 1. The molecule has 13 heteroatoms. The molecule has 1 aliphatic heterocycles. The van der Waals surface area contributed by atoms with Gasteiger partial charge >= 0.3 is 12.5 Å². The summed E-state index contributed by atoms with van der Waals surface area (Å²) in [5, 5.41) is 9.05. The molecule has 1 unspecified atom stereocenters. The minimum atomic E-state index is -5.06. The fraction of sp³-hybridized carbons (Fsp3) is 0.238. The molecule has 4 rings (SSSR count). The lowest BCUT2D eigenvalue weighted by Crippen LogP contribution is -2.23. The molecule has 0 saturated carbocycles. The minimum Gasteiger partial charge on any atom is -0.488 e. The van der Waals surface area contributed by atoms with Gasteiger partial charge in [-0.15, -0.1) is 13.2 Å². The molecule has 0 fully saturated rings. The van der Waals surface area contributed by atoms with Gasteiger partial charge < -0.3 is 14.8 Å². The summed E-state index contributed by atoms with van der Waals surface area (Å²) in [6.07, 6.45) is -8.32. The predicted octanol–water partition coefficient (Wildman–Crippen LogP) is 6.14. The summed E-state index contributed by atoms with van der Waals surface area (Å²) in [7, 11) is 0. The van der Waals surface area contributed by atoms with E-state index in [1.807, 2.05) is 0 Å². The number of fused-ring (bicyclic) bond motifs is 1. The molecule has 1 amide bonds. The van der Waals surface area contributed by atoms with Gasteiger partial charge in [0.15, 0.2) is 5.82 Å². The van der Waals surface area contributed by atoms with Crippen LogP contribution in [0.25, 0.3) is 0 Å². The number of halogens is 7. The lowest BCUT2D eigenvalue weighted by Gasteiger charge is -2.23. The first-order chi connectivity index (χ1) is 15.9. The van der Waals surface area contributed by atoms with E-state index >= 15 is 0 Å². The van der Waals surface area contributed by atoms with Crippen molar-refractivity contribution in [2.75, 3.05) is 5.32 Å². The molecule has 2 heterocycles. The van der Waals surface area contributed by atoms with Gasteiger partial charge in [0.05, 0.1) is 5.56 Å². The number of aromatic amines is 1. The molecule has 180 valence electrons. The van der Waals surface area contributed by atoms with Crippen molar-refractivity contribution >= 4 is 27.7 Å². The van der Waals surface area contributed by atoms with E-state index in [4.69, 9.17) is 4.74 Å². The van der Waals surface area contributed by atoms with Crippen molar-refractivity contribution in [3.63, 3.8) is 0 Å². The number of benzene rings is 2. The third-order valence-electron chi connectivity index (χ3n) is 5.04. The molecule has 2 aromatic carbocycles. The Labute approximate surface area is 196 Å². The van der Waals surface area contributed by atoms with Crippen molar-refractivity contribution in [3.8, 4) is 11.5 Å². The van der Waals surface area contributed by atoms with Gasteiger partial charge in [0, 0.05) is 34.1 Å². The monoisotopic (exact) mass is 549 g/mol. The highest BCUT2D eigenvalue weighted by Crippen LogP contribution is 2.40. The van der Waals surface area contributed by atoms with Crippen LogP contribution in [0.4, 0.5) is 32.2 Å². The number of anilines is 1. The van der Waals surface area contributed by atoms with Crippen LogP contribution in [0, 0.1) is 0 Å². The minimum absolute atomic E-state index is 0.0400. The van der Waals surface area contributed by atoms with Gasteiger partial charge in [0.25, 0.3) is 0 Å². The molecule has 0 aliphatic carbocycles. The Morgan fingerprint density at radius 2 is 1.82 bits per heavy atom. The number of rotatable bonds is 5. The van der Waals surface area contributed by atoms with Crippen LogP contribution in [-0.2, 0) is 17.6 Å². The maximum atomic E-state index is 13.3. The maximum Gasteiger partial charge on any atom is 0.573 e. The van der Waals surface area contributed by atoms with E-state index < -0.39 is 42.1 Å². The average Bonchev–Trinajstić information content (AvgIpc) is 3.19. The number of aromatic nitrogens is 2. The van der Waals surface area contributed by atoms with Gasteiger partial charge in [-0.1, -0.05) is 28.1 Å². The van der Waals surface area contributed by atoms with E-state index in [-0.39, 0.29) is 28.2 Å². The maximum absolute atomic E-state index is 13.3. The zero-order valence-corrected chi connectivity index (χ0v) is 18.4. The number of H-pyrrole nitrogens is 1. The van der Waals surface area contributed by atoms with E-state index in [0.29, 0.717) is 11.1 Å². The van der Waals surface area contributed by atoms with Crippen LogP contribution < -0.4 is 14.8 Å². The Hall–Kier alpha value is -3.22. The Morgan fingerprint density at radius 1 is 1.06 bits per heavy atom. The molecular formula is C21H14BrF6N3O3. The van der Waals surface area contributed by atoms with Gasteiger partial charge in [0.2, 0.25) is 5.91 Å². The molecule has 0 spiro atoms. The van der Waals surface area contributed by atoms with Gasteiger partial charge in [-0.05, 0) is 29.8 Å². The van der Waals surface area contributed by atoms with Gasteiger partial charge in [-0.2, -0.15) is 18.3 Å². The van der Waals surface area contributed by atoms with Crippen LogP contribution in [0.2, 0.25) is 0 Å². The van der Waals surface area contributed by atoms with Crippen molar-refractivity contribution in [3.05, 3.63) is 69.3 Å². The van der Waals surface area contributed by atoms with Crippen molar-refractivity contribution in [2.24, 2.45) is 0 Å². The van der Waals surface area contributed by atoms with E-state index in [1.165, 1.54) is 24.4 Å². The standard InChI is InChI=1S/C21H14BrF6N3O3/c22-12-3-4-16(15(6-12)20(23,24)25)33-9-11-2-1-10(5-17(11)34-21(26,27)28)13-7-18(32)30-19-14(13)8-29-31-19/h1-6,8,13H,7,9H2,(H2,29,30,31,32). The van der Waals surface area contributed by atoms with Crippen LogP contribution in [0.3, 0.4) is 0 Å². The normalized spacial score (nSPS) is 16.1. The summed E-state index contributed by atoms with van der Waals surface area (Å²) >= 11 is 2.95. The number of alkyl halides is 6. The number of amides is 1. The number of hydrogen-bond acceptors (Lipinski definition) is 4. The lowest BCUT2D eigenvalue weighted by molar-refractivity contribution is -0.275. The fourth-order valence-electron chi connectivity index (χ4n) is 3.57. The van der Waals surface area contributed by atoms with E-state index in [0.717, 1.165) is 18.2 Å². The molecule has 1 aromatic heterocycles. The average molecular weight is 550 g/mol. The first kappa shape index (κ1) is 23.9. The highest BCUT2D eigenvalue weighted by atomic mass is 79.9. The first-order valence-corrected chi connectivity index (χ1v) is 10.4. The highest BCUT2D eigenvalue weighted by Gasteiger charge is 2.36. The number of ether oxygens (including phenoxy) is 2. The summed E-state index contributed by atoms with van der Waals surface area (Å²) in [5.41, 5.74) is -0.311. The van der Waals surface area contributed by atoms with Crippen molar-refractivity contribution < 1.29 is 40.6 Å². The largest absolute Gasteiger partial charge is 0.573 e. The van der Waals surface area contributed by atoms with E-state index in [1.54, 1.807) is 0 Å². The molecule has 34 heavy (non-hydrogen) atoms. The van der Waals surface area contributed by atoms with Crippen LogP contribution in [0.15, 0.2) is 47.1 Å². The summed E-state index contributed by atoms with van der Waals surface area (Å²) in [6.45, 7) is -0.626. The Bertz CT molecular complexity index is 1230. The number of nitrogens with zero attached hydrogens (tertiary/aromatic N) is 1. The third-order valence-corrected chi connectivity index (χ3v) is 5.54. The fourth-order valence-corrected chi connectivity index (χ4v) is 3.93. The Balaban J connectivity index is 1.66. The molecule has 2 N–H and O–H groups in total. The van der Waals surface area contributed by atoms with Gasteiger partial charge in [0.1, 0.15) is 18.1 Å². The zero-order valence-electron chi connectivity index (χ0n) is 16.9. The molecule has 0 radical (unpaired) electrons. The van der Waals surface area contributed by atoms with Crippen LogP contribution >= 0.6 is 15.9 Å². The van der Waals surface area contributed by atoms with Gasteiger partial charge in [-0.3, -0.25) is 9.89 Å². The van der Waals surface area contributed by atoms with Crippen LogP contribution in [-0.4, -0.2) is 22.5 Å². The number of hydrogen-bond donors (Lipinski definition) is 2. The smallest absolute Gasteiger partial charge is 0.488 e. The molecule has 0 bridgehead atoms. The quantitative estimate of drug-likeness (QED) is 0.375. The van der Waals surface area contributed by atoms with Crippen LogP contribution in [0.1, 0.15) is 34.6 Å². The molecular weight excluding hydrogens is 536 g/mol.